The predicted octanol–water partition coefficient (Wildman–Crippen LogP) is 2.71. The molecule has 0 aromatic heterocycles. The number of hydrogen-bond donors (Lipinski definition) is 2. The Hall–Kier alpha value is -0.490. The van der Waals surface area contributed by atoms with Gasteiger partial charge in [-0.1, -0.05) is 17.7 Å². The van der Waals surface area contributed by atoms with E-state index in [2.05, 4.69) is 27.9 Å². The summed E-state index contributed by atoms with van der Waals surface area (Å²) in [4.78, 5) is 10.2. The number of amides is 1. The second kappa shape index (κ2) is 4.66. The van der Waals surface area contributed by atoms with Crippen molar-refractivity contribution in [1.29, 1.82) is 0 Å². The van der Waals surface area contributed by atoms with Gasteiger partial charge < -0.3 is 10.4 Å². The average Bonchev–Trinajstić information content (AvgIpc) is 2.02. The lowest BCUT2D eigenvalue weighted by Crippen LogP contribution is -2.20. The number of hydrogen-bond acceptors (Lipinski definition) is 1. The predicted molar refractivity (Wildman–Crippen MR) is 59.0 cm³/mol. The van der Waals surface area contributed by atoms with Crippen molar-refractivity contribution in [3.63, 3.8) is 0 Å². The Bertz CT molecular complexity index is 330. The van der Waals surface area contributed by atoms with Gasteiger partial charge in [0.1, 0.15) is 0 Å². The third kappa shape index (κ3) is 3.40. The molecule has 0 atom stereocenters. The van der Waals surface area contributed by atoms with Crippen LogP contribution in [0.1, 0.15) is 5.56 Å². The van der Waals surface area contributed by atoms with Crippen LogP contribution in [0.25, 0.3) is 0 Å². The zero-order valence-electron chi connectivity index (χ0n) is 6.55. The van der Waals surface area contributed by atoms with E-state index in [-0.39, 0.29) is 0 Å². The monoisotopic (exact) mass is 311 g/mol. The topological polar surface area (TPSA) is 49.3 Å². The molecule has 1 rings (SSSR count). The molecule has 1 aromatic carbocycles. The summed E-state index contributed by atoms with van der Waals surface area (Å²) in [7, 11) is 0. The minimum absolute atomic E-state index is 0.310. The van der Waals surface area contributed by atoms with Crippen molar-refractivity contribution in [2.24, 2.45) is 0 Å². The van der Waals surface area contributed by atoms with Crippen LogP contribution in [0, 0.1) is 3.57 Å². The van der Waals surface area contributed by atoms with Crippen LogP contribution in [0.3, 0.4) is 0 Å². The number of nitrogens with one attached hydrogen (secondary N) is 1. The fourth-order valence-electron chi connectivity index (χ4n) is 0.836. The summed E-state index contributed by atoms with van der Waals surface area (Å²) in [6.07, 6.45) is -1.02. The van der Waals surface area contributed by atoms with Crippen LogP contribution in [0.2, 0.25) is 5.02 Å². The first-order valence-corrected chi connectivity index (χ1v) is 4.96. The number of halogens is 2. The quantitative estimate of drug-likeness (QED) is 0.825. The second-order valence-electron chi connectivity index (χ2n) is 2.39. The van der Waals surface area contributed by atoms with Crippen molar-refractivity contribution in [1.82, 2.24) is 5.32 Å². The summed E-state index contributed by atoms with van der Waals surface area (Å²) in [6, 6.07) is 5.34. The molecule has 0 bridgehead atoms. The number of carboxylic acid groups (broad SMARTS) is 1. The molecule has 0 fully saturated rings. The van der Waals surface area contributed by atoms with E-state index in [4.69, 9.17) is 16.7 Å². The van der Waals surface area contributed by atoms with Gasteiger partial charge >= 0.3 is 6.09 Å². The highest BCUT2D eigenvalue weighted by Crippen LogP contribution is 2.17. The maximum absolute atomic E-state index is 10.2. The van der Waals surface area contributed by atoms with Crippen molar-refractivity contribution in [3.05, 3.63) is 32.4 Å². The highest BCUT2D eigenvalue weighted by Gasteiger charge is 2.01. The lowest BCUT2D eigenvalue weighted by Gasteiger charge is -2.04. The van der Waals surface area contributed by atoms with Gasteiger partial charge in [-0.15, -0.1) is 0 Å². The minimum atomic E-state index is -1.02. The third-order valence-corrected chi connectivity index (χ3v) is 2.68. The van der Waals surface area contributed by atoms with Crippen LogP contribution in [0.15, 0.2) is 18.2 Å². The fourth-order valence-corrected chi connectivity index (χ4v) is 1.90. The standard InChI is InChI=1S/C8H7ClINO2/c9-6-2-1-5(7(10)3-6)4-11-8(12)13/h1-3,11H,4H2,(H,12,13). The van der Waals surface area contributed by atoms with Gasteiger partial charge in [-0.2, -0.15) is 0 Å². The van der Waals surface area contributed by atoms with E-state index in [0.29, 0.717) is 11.6 Å². The minimum Gasteiger partial charge on any atom is -0.465 e. The van der Waals surface area contributed by atoms with Crippen LogP contribution in [0.4, 0.5) is 4.79 Å². The number of rotatable bonds is 2. The van der Waals surface area contributed by atoms with Gasteiger partial charge in [0.05, 0.1) is 0 Å². The van der Waals surface area contributed by atoms with Crippen LogP contribution in [-0.2, 0) is 6.54 Å². The molecule has 0 radical (unpaired) electrons. The number of benzene rings is 1. The van der Waals surface area contributed by atoms with Gasteiger partial charge in [0.25, 0.3) is 0 Å². The molecule has 2 N–H and O–H groups in total. The summed E-state index contributed by atoms with van der Waals surface area (Å²) in [6.45, 7) is 0.310. The van der Waals surface area contributed by atoms with E-state index in [1.54, 1.807) is 18.2 Å². The van der Waals surface area contributed by atoms with Gasteiger partial charge in [-0.05, 0) is 40.3 Å². The van der Waals surface area contributed by atoms with E-state index in [1.807, 2.05) is 0 Å². The lowest BCUT2D eigenvalue weighted by molar-refractivity contribution is 0.194. The molecule has 70 valence electrons. The first-order chi connectivity index (χ1) is 6.09. The Morgan fingerprint density at radius 3 is 2.85 bits per heavy atom. The summed E-state index contributed by atoms with van der Waals surface area (Å²) in [5.74, 6) is 0. The van der Waals surface area contributed by atoms with Crippen LogP contribution in [0.5, 0.6) is 0 Å². The maximum atomic E-state index is 10.2. The molecule has 0 aliphatic rings. The maximum Gasteiger partial charge on any atom is 0.404 e. The Kier molecular flexibility index (Phi) is 3.80. The van der Waals surface area contributed by atoms with Gasteiger partial charge in [-0.3, -0.25) is 0 Å². The summed E-state index contributed by atoms with van der Waals surface area (Å²) in [5.41, 5.74) is 0.924. The molecule has 0 saturated carbocycles. The third-order valence-electron chi connectivity index (χ3n) is 1.45. The van der Waals surface area contributed by atoms with Crippen molar-refractivity contribution in [3.8, 4) is 0 Å². The smallest absolute Gasteiger partial charge is 0.404 e. The van der Waals surface area contributed by atoms with Crippen molar-refractivity contribution in [2.45, 2.75) is 6.54 Å². The zero-order chi connectivity index (χ0) is 9.84. The lowest BCUT2D eigenvalue weighted by atomic mass is 10.2. The number of carbonyl (C=O) groups is 1. The highest BCUT2D eigenvalue weighted by molar-refractivity contribution is 14.1. The molecule has 0 heterocycles. The molecule has 3 nitrogen and oxygen atoms in total. The first kappa shape index (κ1) is 10.6. The summed E-state index contributed by atoms with van der Waals surface area (Å²) in [5, 5.41) is 11.3. The molecule has 1 amide bonds. The van der Waals surface area contributed by atoms with Crippen molar-refractivity contribution < 1.29 is 9.90 Å². The van der Waals surface area contributed by atoms with E-state index in [0.717, 1.165) is 9.13 Å². The Labute approximate surface area is 94.2 Å². The molecule has 1 aromatic rings. The van der Waals surface area contributed by atoms with E-state index < -0.39 is 6.09 Å². The first-order valence-electron chi connectivity index (χ1n) is 3.50. The van der Waals surface area contributed by atoms with Gasteiger partial charge in [0, 0.05) is 15.1 Å². The van der Waals surface area contributed by atoms with Crippen LogP contribution >= 0.6 is 34.2 Å². The zero-order valence-corrected chi connectivity index (χ0v) is 9.46. The summed E-state index contributed by atoms with van der Waals surface area (Å²) >= 11 is 7.85. The molecule has 13 heavy (non-hydrogen) atoms. The molecular weight excluding hydrogens is 304 g/mol. The molecule has 0 spiro atoms. The second-order valence-corrected chi connectivity index (χ2v) is 3.99. The average molecular weight is 312 g/mol. The van der Waals surface area contributed by atoms with E-state index in [9.17, 15) is 4.79 Å². The van der Waals surface area contributed by atoms with Crippen LogP contribution in [-0.4, -0.2) is 11.2 Å². The Morgan fingerprint density at radius 2 is 2.31 bits per heavy atom. The van der Waals surface area contributed by atoms with Crippen molar-refractivity contribution in [2.75, 3.05) is 0 Å². The normalized spacial score (nSPS) is 9.69. The Balaban J connectivity index is 2.72. The van der Waals surface area contributed by atoms with Crippen molar-refractivity contribution >= 4 is 40.3 Å². The van der Waals surface area contributed by atoms with E-state index >= 15 is 0 Å². The Morgan fingerprint density at radius 1 is 1.62 bits per heavy atom. The molecule has 5 heteroatoms. The molecule has 0 aliphatic carbocycles. The summed E-state index contributed by atoms with van der Waals surface area (Å²) < 4.78 is 0.957. The van der Waals surface area contributed by atoms with Gasteiger partial charge in [0.2, 0.25) is 0 Å². The SMILES string of the molecule is O=C(O)NCc1ccc(Cl)cc1I. The molecular formula is C8H7ClINO2. The molecule has 0 aliphatic heterocycles. The largest absolute Gasteiger partial charge is 0.465 e. The van der Waals surface area contributed by atoms with Gasteiger partial charge in [-0.25, -0.2) is 4.79 Å². The molecule has 0 saturated heterocycles. The van der Waals surface area contributed by atoms with E-state index in [1.165, 1.54) is 0 Å². The highest BCUT2D eigenvalue weighted by atomic mass is 127. The van der Waals surface area contributed by atoms with Crippen LogP contribution < -0.4 is 5.32 Å². The van der Waals surface area contributed by atoms with Gasteiger partial charge in [0.15, 0.2) is 0 Å². The molecule has 0 unspecified atom stereocenters. The fraction of sp³-hybridized carbons (Fsp3) is 0.125.